The van der Waals surface area contributed by atoms with Crippen LogP contribution in [0.25, 0.3) is 0 Å². The van der Waals surface area contributed by atoms with E-state index in [9.17, 15) is 18.0 Å². The summed E-state index contributed by atoms with van der Waals surface area (Å²) >= 11 is 0. The van der Waals surface area contributed by atoms with Crippen molar-refractivity contribution >= 4 is 21.8 Å². The van der Waals surface area contributed by atoms with Crippen LogP contribution in [0.1, 0.15) is 48.0 Å². The zero-order chi connectivity index (χ0) is 23.3. The third-order valence-corrected chi connectivity index (χ3v) is 8.39. The lowest BCUT2D eigenvalue weighted by Crippen LogP contribution is -2.43. The molecule has 0 aliphatic carbocycles. The Balaban J connectivity index is 1.34. The van der Waals surface area contributed by atoms with Crippen LogP contribution in [0.5, 0.6) is 0 Å². The molecule has 8 heteroatoms. The molecule has 0 saturated carbocycles. The third kappa shape index (κ3) is 5.62. The quantitative estimate of drug-likeness (QED) is 0.705. The fourth-order valence-corrected chi connectivity index (χ4v) is 6.06. The molecule has 0 spiro atoms. The molecule has 7 nitrogen and oxygen atoms in total. The molecule has 176 valence electrons. The molecule has 2 heterocycles. The highest BCUT2D eigenvalue weighted by Crippen LogP contribution is 2.24. The summed E-state index contributed by atoms with van der Waals surface area (Å²) in [5.74, 6) is -0.294. The van der Waals surface area contributed by atoms with Gasteiger partial charge in [-0.25, -0.2) is 8.42 Å². The number of nitrogens with one attached hydrogen (secondary N) is 1. The standard InChI is InChI=1S/C25H31N3O4S/c29-24(26-19-20-8-3-1-4-9-20)21-12-16-27(17-13-21)25(30)22-10-7-11-23(18-22)33(31,32)28-14-5-2-6-15-28/h1,3-4,7-11,18,21H,2,5-6,12-17,19H2,(H,26,29). The first-order valence-corrected chi connectivity index (χ1v) is 13.1. The minimum absolute atomic E-state index is 0.0144. The van der Waals surface area contributed by atoms with Gasteiger partial charge in [0.2, 0.25) is 15.9 Å². The molecule has 4 rings (SSSR count). The summed E-state index contributed by atoms with van der Waals surface area (Å²) in [5.41, 5.74) is 1.43. The van der Waals surface area contributed by atoms with Crippen LogP contribution in [0.4, 0.5) is 0 Å². The molecule has 0 atom stereocenters. The zero-order valence-corrected chi connectivity index (χ0v) is 19.6. The highest BCUT2D eigenvalue weighted by atomic mass is 32.2. The molecule has 1 N–H and O–H groups in total. The number of piperidine rings is 2. The van der Waals surface area contributed by atoms with Crippen LogP contribution >= 0.6 is 0 Å². The number of nitrogens with zero attached hydrogens (tertiary/aromatic N) is 2. The second-order valence-electron chi connectivity index (χ2n) is 8.76. The maximum Gasteiger partial charge on any atom is 0.253 e. The first-order valence-electron chi connectivity index (χ1n) is 11.7. The van der Waals surface area contributed by atoms with Gasteiger partial charge in [0.15, 0.2) is 0 Å². The van der Waals surface area contributed by atoms with Crippen molar-refractivity contribution in [2.45, 2.75) is 43.5 Å². The van der Waals surface area contributed by atoms with Crippen molar-refractivity contribution in [1.29, 1.82) is 0 Å². The van der Waals surface area contributed by atoms with Crippen LogP contribution in [0.2, 0.25) is 0 Å². The Morgan fingerprint density at radius 3 is 2.27 bits per heavy atom. The van der Waals surface area contributed by atoms with Gasteiger partial charge in [-0.3, -0.25) is 9.59 Å². The lowest BCUT2D eigenvalue weighted by molar-refractivity contribution is -0.126. The van der Waals surface area contributed by atoms with Crippen molar-refractivity contribution in [2.24, 2.45) is 5.92 Å². The van der Waals surface area contributed by atoms with Gasteiger partial charge in [0, 0.05) is 44.2 Å². The summed E-state index contributed by atoms with van der Waals surface area (Å²) in [6, 6.07) is 16.1. The van der Waals surface area contributed by atoms with Gasteiger partial charge >= 0.3 is 0 Å². The molecule has 2 aromatic carbocycles. The van der Waals surface area contributed by atoms with E-state index < -0.39 is 10.0 Å². The summed E-state index contributed by atoms with van der Waals surface area (Å²) < 4.78 is 27.5. The predicted octanol–water partition coefficient (Wildman–Crippen LogP) is 3.03. The predicted molar refractivity (Wildman–Crippen MR) is 126 cm³/mol. The minimum atomic E-state index is -3.59. The Labute approximate surface area is 195 Å². The topological polar surface area (TPSA) is 86.8 Å². The van der Waals surface area contributed by atoms with Crippen LogP contribution in [-0.4, -0.2) is 55.6 Å². The molecular weight excluding hydrogens is 438 g/mol. The number of carbonyl (C=O) groups excluding carboxylic acids is 2. The Morgan fingerprint density at radius 2 is 1.58 bits per heavy atom. The SMILES string of the molecule is O=C(NCc1ccccc1)C1CCN(C(=O)c2cccc(S(=O)(=O)N3CCCCC3)c2)CC1. The van der Waals surface area contributed by atoms with Crippen LogP contribution in [-0.2, 0) is 21.4 Å². The molecular formula is C25H31N3O4S. The van der Waals surface area contributed by atoms with E-state index >= 15 is 0 Å². The zero-order valence-electron chi connectivity index (χ0n) is 18.8. The molecule has 0 aromatic heterocycles. The number of hydrogen-bond donors (Lipinski definition) is 1. The molecule has 2 aliphatic rings. The lowest BCUT2D eigenvalue weighted by Gasteiger charge is -2.31. The molecule has 0 unspecified atom stereocenters. The molecule has 0 radical (unpaired) electrons. The number of sulfonamides is 1. The lowest BCUT2D eigenvalue weighted by atomic mass is 9.95. The fourth-order valence-electron chi connectivity index (χ4n) is 4.50. The van der Waals surface area contributed by atoms with Crippen molar-refractivity contribution in [3.05, 3.63) is 65.7 Å². The number of amides is 2. The van der Waals surface area contributed by atoms with Crippen molar-refractivity contribution < 1.29 is 18.0 Å². The van der Waals surface area contributed by atoms with Gasteiger partial charge in [-0.2, -0.15) is 4.31 Å². The van der Waals surface area contributed by atoms with E-state index in [2.05, 4.69) is 5.32 Å². The number of benzene rings is 2. The maximum absolute atomic E-state index is 13.1. The first kappa shape index (κ1) is 23.4. The second kappa shape index (κ2) is 10.5. The minimum Gasteiger partial charge on any atom is -0.352 e. The average Bonchev–Trinajstić information content (AvgIpc) is 2.88. The Bertz CT molecular complexity index is 1070. The maximum atomic E-state index is 13.1. The molecule has 0 bridgehead atoms. The van der Waals surface area contributed by atoms with Gasteiger partial charge in [-0.15, -0.1) is 0 Å². The Morgan fingerprint density at radius 1 is 0.879 bits per heavy atom. The Hall–Kier alpha value is -2.71. The van der Waals surface area contributed by atoms with Gasteiger partial charge < -0.3 is 10.2 Å². The number of carbonyl (C=O) groups is 2. The highest BCUT2D eigenvalue weighted by molar-refractivity contribution is 7.89. The smallest absolute Gasteiger partial charge is 0.253 e. The van der Waals surface area contributed by atoms with Gasteiger partial charge in [0.05, 0.1) is 4.90 Å². The average molecular weight is 470 g/mol. The molecule has 33 heavy (non-hydrogen) atoms. The van der Waals surface area contributed by atoms with Gasteiger partial charge in [0.1, 0.15) is 0 Å². The van der Waals surface area contributed by atoms with E-state index in [0.29, 0.717) is 51.1 Å². The third-order valence-electron chi connectivity index (χ3n) is 6.50. The van der Waals surface area contributed by atoms with Crippen LogP contribution < -0.4 is 5.32 Å². The molecule has 2 saturated heterocycles. The largest absolute Gasteiger partial charge is 0.352 e. The van der Waals surface area contributed by atoms with Crippen molar-refractivity contribution in [3.63, 3.8) is 0 Å². The number of hydrogen-bond acceptors (Lipinski definition) is 4. The fraction of sp³-hybridized carbons (Fsp3) is 0.440. The van der Waals surface area contributed by atoms with Gasteiger partial charge in [-0.1, -0.05) is 42.8 Å². The second-order valence-corrected chi connectivity index (χ2v) is 10.7. The van der Waals surface area contributed by atoms with Crippen molar-refractivity contribution in [1.82, 2.24) is 14.5 Å². The summed E-state index contributed by atoms with van der Waals surface area (Å²) in [6.07, 6.45) is 3.97. The monoisotopic (exact) mass is 469 g/mol. The van der Waals surface area contributed by atoms with Crippen molar-refractivity contribution in [3.8, 4) is 0 Å². The molecule has 2 aliphatic heterocycles. The number of likely N-dealkylation sites (tertiary alicyclic amines) is 1. The van der Waals surface area contributed by atoms with Gasteiger partial charge in [-0.05, 0) is 49.4 Å². The van der Waals surface area contributed by atoms with Crippen LogP contribution in [0.15, 0.2) is 59.5 Å². The summed E-state index contributed by atoms with van der Waals surface area (Å²) in [6.45, 7) is 2.51. The van der Waals surface area contributed by atoms with E-state index in [-0.39, 0.29) is 22.6 Å². The van der Waals surface area contributed by atoms with E-state index in [1.165, 1.54) is 10.4 Å². The first-order chi connectivity index (χ1) is 15.9. The van der Waals surface area contributed by atoms with Crippen molar-refractivity contribution in [2.75, 3.05) is 26.2 Å². The van der Waals surface area contributed by atoms with Crippen LogP contribution in [0, 0.1) is 5.92 Å². The number of rotatable bonds is 6. The van der Waals surface area contributed by atoms with E-state index in [4.69, 9.17) is 0 Å². The normalized spacial score (nSPS) is 18.1. The Kier molecular flexibility index (Phi) is 7.45. The summed E-state index contributed by atoms with van der Waals surface area (Å²) in [5, 5.41) is 2.99. The molecule has 2 aromatic rings. The van der Waals surface area contributed by atoms with Gasteiger partial charge in [0.25, 0.3) is 5.91 Å². The summed E-state index contributed by atoms with van der Waals surface area (Å²) in [4.78, 5) is 27.5. The van der Waals surface area contributed by atoms with E-state index in [1.807, 2.05) is 30.3 Å². The van der Waals surface area contributed by atoms with Crippen LogP contribution in [0.3, 0.4) is 0 Å². The van der Waals surface area contributed by atoms with E-state index in [1.54, 1.807) is 23.1 Å². The summed E-state index contributed by atoms with van der Waals surface area (Å²) in [7, 11) is -3.59. The highest BCUT2D eigenvalue weighted by Gasteiger charge is 2.30. The molecule has 2 fully saturated rings. The van der Waals surface area contributed by atoms with E-state index in [0.717, 1.165) is 24.8 Å². The molecule has 2 amide bonds.